The van der Waals surface area contributed by atoms with E-state index in [0.29, 0.717) is 5.52 Å². The van der Waals surface area contributed by atoms with Crippen molar-refractivity contribution in [3.8, 4) is 0 Å². The zero-order chi connectivity index (χ0) is 10.3. The molecule has 0 bridgehead atoms. The lowest BCUT2D eigenvalue weighted by molar-refractivity contribution is -0.383. The van der Waals surface area contributed by atoms with Gasteiger partial charge in [-0.25, -0.2) is 4.68 Å². The zero-order valence-corrected chi connectivity index (χ0v) is 7.27. The monoisotopic (exact) mass is 195 g/mol. The topological polar surface area (TPSA) is 61.0 Å². The minimum atomic E-state index is -0.688. The normalized spacial score (nSPS) is 10.7. The number of non-ortho nitro benzene ring substituents is 1. The minimum Gasteiger partial charge on any atom is -0.258 e. The van der Waals surface area contributed by atoms with Crippen LogP contribution in [0.1, 0.15) is 0 Å². The molecule has 0 radical (unpaired) electrons. The molecule has 0 unspecified atom stereocenters. The third kappa shape index (κ3) is 1.04. The zero-order valence-electron chi connectivity index (χ0n) is 7.27. The fraction of sp³-hybridized carbons (Fsp3) is 0.125. The predicted molar refractivity (Wildman–Crippen MR) is 47.3 cm³/mol. The van der Waals surface area contributed by atoms with Crippen molar-refractivity contribution in [3.05, 3.63) is 34.3 Å². The number of nitro groups is 1. The molecule has 0 atom stereocenters. The van der Waals surface area contributed by atoms with Gasteiger partial charge in [-0.05, 0) is 6.07 Å². The van der Waals surface area contributed by atoms with E-state index in [1.807, 2.05) is 0 Å². The summed E-state index contributed by atoms with van der Waals surface area (Å²) in [4.78, 5) is 9.96. The second-order valence-corrected chi connectivity index (χ2v) is 2.84. The first-order chi connectivity index (χ1) is 6.61. The molecular formula is C8H6FN3O2. The van der Waals surface area contributed by atoms with Crippen LogP contribution < -0.4 is 0 Å². The average Bonchev–Trinajstić information content (AvgIpc) is 2.43. The number of hydrogen-bond acceptors (Lipinski definition) is 3. The van der Waals surface area contributed by atoms with Crippen LogP contribution in [0.5, 0.6) is 0 Å². The van der Waals surface area contributed by atoms with E-state index in [1.54, 1.807) is 0 Å². The van der Waals surface area contributed by atoms with Gasteiger partial charge in [-0.15, -0.1) is 0 Å². The van der Waals surface area contributed by atoms with Crippen LogP contribution in [0.2, 0.25) is 0 Å². The molecule has 72 valence electrons. The Balaban J connectivity index is 2.91. The van der Waals surface area contributed by atoms with Crippen molar-refractivity contribution in [1.82, 2.24) is 9.78 Å². The second kappa shape index (κ2) is 2.76. The number of halogens is 1. The standard InChI is InChI=1S/C8H6FN3O2/c1-11-8(9)7-5(10-11)3-2-4-6(7)12(13)14/h2-4H,1H3. The van der Waals surface area contributed by atoms with E-state index in [0.717, 1.165) is 4.68 Å². The summed E-state index contributed by atoms with van der Waals surface area (Å²) in [6, 6.07) is 4.27. The quantitative estimate of drug-likeness (QED) is 0.513. The number of benzene rings is 1. The highest BCUT2D eigenvalue weighted by Gasteiger charge is 2.19. The first-order valence-corrected chi connectivity index (χ1v) is 3.87. The third-order valence-corrected chi connectivity index (χ3v) is 1.97. The summed E-state index contributed by atoms with van der Waals surface area (Å²) in [6.07, 6.45) is 0. The van der Waals surface area contributed by atoms with E-state index < -0.39 is 10.9 Å². The van der Waals surface area contributed by atoms with Gasteiger partial charge in [0.25, 0.3) is 5.69 Å². The Labute approximate surface area is 77.9 Å². The Hall–Kier alpha value is -1.98. The molecule has 2 rings (SSSR count). The molecule has 0 saturated heterocycles. The van der Waals surface area contributed by atoms with Crippen LogP contribution in [0.4, 0.5) is 10.1 Å². The van der Waals surface area contributed by atoms with Crippen molar-refractivity contribution in [2.24, 2.45) is 7.05 Å². The fourth-order valence-electron chi connectivity index (χ4n) is 1.34. The van der Waals surface area contributed by atoms with Crippen LogP contribution in [0.25, 0.3) is 10.9 Å². The van der Waals surface area contributed by atoms with Gasteiger partial charge in [0.15, 0.2) is 0 Å². The molecule has 0 aliphatic carbocycles. The summed E-state index contributed by atoms with van der Waals surface area (Å²) in [5, 5.41) is 14.3. The maximum absolute atomic E-state index is 13.4. The van der Waals surface area contributed by atoms with Crippen LogP contribution in [-0.2, 0) is 7.05 Å². The van der Waals surface area contributed by atoms with Crippen LogP contribution in [0.3, 0.4) is 0 Å². The Morgan fingerprint density at radius 1 is 1.57 bits per heavy atom. The van der Waals surface area contributed by atoms with Crippen molar-refractivity contribution in [1.29, 1.82) is 0 Å². The van der Waals surface area contributed by atoms with Crippen LogP contribution in [0, 0.1) is 16.1 Å². The predicted octanol–water partition coefficient (Wildman–Crippen LogP) is 1.62. The van der Waals surface area contributed by atoms with E-state index in [-0.39, 0.29) is 11.1 Å². The van der Waals surface area contributed by atoms with Gasteiger partial charge in [0.05, 0.1) is 4.92 Å². The molecule has 0 saturated carbocycles. The molecule has 0 aliphatic rings. The maximum atomic E-state index is 13.4. The summed E-state index contributed by atoms with van der Waals surface area (Å²) in [6.45, 7) is 0. The van der Waals surface area contributed by atoms with Gasteiger partial charge in [-0.1, -0.05) is 6.07 Å². The van der Waals surface area contributed by atoms with Gasteiger partial charge in [0.2, 0.25) is 5.95 Å². The Morgan fingerprint density at radius 2 is 2.29 bits per heavy atom. The van der Waals surface area contributed by atoms with Gasteiger partial charge in [0, 0.05) is 13.1 Å². The lowest BCUT2D eigenvalue weighted by Crippen LogP contribution is -1.94. The number of rotatable bonds is 1. The fourth-order valence-corrected chi connectivity index (χ4v) is 1.34. The summed E-state index contributed by atoms with van der Waals surface area (Å²) in [5.74, 6) is -0.688. The van der Waals surface area contributed by atoms with Crippen molar-refractivity contribution in [3.63, 3.8) is 0 Å². The lowest BCUT2D eigenvalue weighted by Gasteiger charge is -1.91. The molecule has 6 heteroatoms. The average molecular weight is 195 g/mol. The minimum absolute atomic E-state index is 0.0417. The summed E-state index contributed by atoms with van der Waals surface area (Å²) in [5.41, 5.74) is 0.0345. The van der Waals surface area contributed by atoms with Gasteiger partial charge < -0.3 is 0 Å². The first-order valence-electron chi connectivity index (χ1n) is 3.87. The van der Waals surface area contributed by atoms with Crippen molar-refractivity contribution < 1.29 is 9.31 Å². The van der Waals surface area contributed by atoms with Crippen molar-refractivity contribution in [2.45, 2.75) is 0 Å². The summed E-state index contributed by atoms with van der Waals surface area (Å²) >= 11 is 0. The summed E-state index contributed by atoms with van der Waals surface area (Å²) < 4.78 is 14.4. The largest absolute Gasteiger partial charge is 0.283 e. The Morgan fingerprint density at radius 3 is 2.93 bits per heavy atom. The molecule has 0 fully saturated rings. The van der Waals surface area contributed by atoms with Gasteiger partial charge in [0.1, 0.15) is 10.9 Å². The molecule has 1 heterocycles. The molecule has 2 aromatic rings. The Bertz CT molecular complexity index is 521. The third-order valence-electron chi connectivity index (χ3n) is 1.97. The van der Waals surface area contributed by atoms with Crippen LogP contribution in [0.15, 0.2) is 18.2 Å². The van der Waals surface area contributed by atoms with E-state index in [2.05, 4.69) is 5.10 Å². The number of fused-ring (bicyclic) bond motifs is 1. The number of nitrogens with zero attached hydrogens (tertiary/aromatic N) is 3. The Kier molecular flexibility index (Phi) is 1.70. The molecule has 1 aromatic carbocycles. The van der Waals surface area contributed by atoms with E-state index in [9.17, 15) is 14.5 Å². The molecular weight excluding hydrogens is 189 g/mol. The maximum Gasteiger partial charge on any atom is 0.283 e. The number of aryl methyl sites for hydroxylation is 1. The van der Waals surface area contributed by atoms with E-state index >= 15 is 0 Å². The number of nitro benzene ring substituents is 1. The SMILES string of the molecule is Cn1nc2cccc([N+](=O)[O-])c2c1F. The molecule has 14 heavy (non-hydrogen) atoms. The van der Waals surface area contributed by atoms with Gasteiger partial charge in [-0.3, -0.25) is 10.1 Å². The molecule has 1 aromatic heterocycles. The first kappa shape index (κ1) is 8.61. The smallest absolute Gasteiger partial charge is 0.258 e. The van der Waals surface area contributed by atoms with Crippen molar-refractivity contribution in [2.75, 3.05) is 0 Å². The molecule has 0 N–H and O–H groups in total. The van der Waals surface area contributed by atoms with Crippen molar-refractivity contribution >= 4 is 16.6 Å². The molecule has 0 amide bonds. The molecule has 0 spiro atoms. The summed E-state index contributed by atoms with van der Waals surface area (Å²) in [7, 11) is 1.40. The number of aromatic nitrogens is 2. The number of hydrogen-bond donors (Lipinski definition) is 0. The second-order valence-electron chi connectivity index (χ2n) is 2.84. The van der Waals surface area contributed by atoms with Crippen LogP contribution >= 0.6 is 0 Å². The highest BCUT2D eigenvalue weighted by atomic mass is 19.1. The van der Waals surface area contributed by atoms with E-state index in [4.69, 9.17) is 0 Å². The van der Waals surface area contributed by atoms with Crippen LogP contribution in [-0.4, -0.2) is 14.7 Å². The van der Waals surface area contributed by atoms with Gasteiger partial charge in [-0.2, -0.15) is 9.49 Å². The van der Waals surface area contributed by atoms with Gasteiger partial charge >= 0.3 is 0 Å². The van der Waals surface area contributed by atoms with E-state index in [1.165, 1.54) is 25.2 Å². The lowest BCUT2D eigenvalue weighted by atomic mass is 10.2. The highest BCUT2D eigenvalue weighted by Crippen LogP contribution is 2.26. The highest BCUT2D eigenvalue weighted by molar-refractivity contribution is 5.88. The molecule has 0 aliphatic heterocycles. The molecule has 5 nitrogen and oxygen atoms in total.